The van der Waals surface area contributed by atoms with Crippen LogP contribution in [0.3, 0.4) is 0 Å². The number of nitrogens with one attached hydrogen (secondary N) is 1. The number of benzene rings is 1. The zero-order chi connectivity index (χ0) is 16.8. The molecule has 1 amide bonds. The fourth-order valence-corrected chi connectivity index (χ4v) is 3.45. The Kier molecular flexibility index (Phi) is 3.82. The van der Waals surface area contributed by atoms with Gasteiger partial charge in [-0.2, -0.15) is 0 Å². The first-order valence-electron chi connectivity index (χ1n) is 8.22. The standard InChI is InChI=1S/C18H25N3O2/c1-11-10-12(2)21(17(22)23-18(3,4)5)15(11)16-19-13-8-6-7-9-14(13)20-16/h6-9,11-12,15H,10H2,1-5H3,(H,19,20). The van der Waals surface area contributed by atoms with Crippen molar-refractivity contribution >= 4 is 17.1 Å². The van der Waals surface area contributed by atoms with Crippen LogP contribution in [0.4, 0.5) is 4.79 Å². The van der Waals surface area contributed by atoms with Gasteiger partial charge < -0.3 is 9.72 Å². The summed E-state index contributed by atoms with van der Waals surface area (Å²) in [5.74, 6) is 1.17. The van der Waals surface area contributed by atoms with Crippen LogP contribution in [0, 0.1) is 5.92 Å². The topological polar surface area (TPSA) is 58.2 Å². The molecule has 1 aliphatic rings. The van der Waals surface area contributed by atoms with Gasteiger partial charge in [-0.15, -0.1) is 0 Å². The molecule has 1 N–H and O–H groups in total. The summed E-state index contributed by atoms with van der Waals surface area (Å²) in [4.78, 5) is 22.6. The molecule has 23 heavy (non-hydrogen) atoms. The van der Waals surface area contributed by atoms with Crippen LogP contribution >= 0.6 is 0 Å². The molecule has 3 atom stereocenters. The van der Waals surface area contributed by atoms with Crippen LogP contribution in [0.25, 0.3) is 11.0 Å². The van der Waals surface area contributed by atoms with Crippen LogP contribution in [0.2, 0.25) is 0 Å². The van der Waals surface area contributed by atoms with Gasteiger partial charge in [0.1, 0.15) is 11.4 Å². The number of aromatic amines is 1. The molecule has 124 valence electrons. The summed E-state index contributed by atoms with van der Waals surface area (Å²) in [7, 11) is 0. The fourth-order valence-electron chi connectivity index (χ4n) is 3.45. The van der Waals surface area contributed by atoms with E-state index < -0.39 is 5.60 Å². The molecule has 1 aliphatic heterocycles. The van der Waals surface area contributed by atoms with Crippen LogP contribution in [0.15, 0.2) is 24.3 Å². The van der Waals surface area contributed by atoms with Crippen molar-refractivity contribution in [3.05, 3.63) is 30.1 Å². The maximum absolute atomic E-state index is 12.7. The Morgan fingerprint density at radius 2 is 2.00 bits per heavy atom. The minimum atomic E-state index is -0.499. The van der Waals surface area contributed by atoms with Crippen molar-refractivity contribution in [3.63, 3.8) is 0 Å². The second-order valence-electron chi connectivity index (χ2n) is 7.53. The average Bonchev–Trinajstić information content (AvgIpc) is 2.96. The van der Waals surface area contributed by atoms with Crippen molar-refractivity contribution in [2.75, 3.05) is 0 Å². The number of hydrogen-bond donors (Lipinski definition) is 1. The van der Waals surface area contributed by atoms with E-state index in [-0.39, 0.29) is 18.2 Å². The van der Waals surface area contributed by atoms with Crippen LogP contribution < -0.4 is 0 Å². The lowest BCUT2D eigenvalue weighted by Crippen LogP contribution is -2.40. The van der Waals surface area contributed by atoms with Gasteiger partial charge in [-0.3, -0.25) is 4.90 Å². The first kappa shape index (κ1) is 15.8. The molecule has 5 nitrogen and oxygen atoms in total. The zero-order valence-corrected chi connectivity index (χ0v) is 14.5. The third-order valence-electron chi connectivity index (χ3n) is 4.32. The molecule has 0 bridgehead atoms. The molecular formula is C18H25N3O2. The molecule has 2 aromatic rings. The smallest absolute Gasteiger partial charge is 0.411 e. The first-order chi connectivity index (χ1) is 10.8. The summed E-state index contributed by atoms with van der Waals surface area (Å²) in [6.07, 6.45) is 0.681. The van der Waals surface area contributed by atoms with Gasteiger partial charge in [0.2, 0.25) is 0 Å². The van der Waals surface area contributed by atoms with Gasteiger partial charge in [0.25, 0.3) is 0 Å². The second kappa shape index (κ2) is 5.55. The number of para-hydroxylation sites is 2. The van der Waals surface area contributed by atoms with E-state index in [0.29, 0.717) is 5.92 Å². The SMILES string of the molecule is CC1CC(C)N(C(=O)OC(C)(C)C)C1c1nc2ccccc2[nH]1. The lowest BCUT2D eigenvalue weighted by molar-refractivity contribution is 0.0136. The van der Waals surface area contributed by atoms with Crippen LogP contribution in [-0.2, 0) is 4.74 Å². The zero-order valence-electron chi connectivity index (χ0n) is 14.5. The van der Waals surface area contributed by atoms with Crippen molar-refractivity contribution in [1.29, 1.82) is 0 Å². The van der Waals surface area contributed by atoms with E-state index in [0.717, 1.165) is 23.3 Å². The van der Waals surface area contributed by atoms with Gasteiger partial charge in [-0.25, -0.2) is 9.78 Å². The largest absolute Gasteiger partial charge is 0.444 e. The number of rotatable bonds is 1. The number of hydrogen-bond acceptors (Lipinski definition) is 3. The van der Waals surface area contributed by atoms with Crippen molar-refractivity contribution in [1.82, 2.24) is 14.9 Å². The molecule has 0 spiro atoms. The van der Waals surface area contributed by atoms with Gasteiger partial charge in [0.15, 0.2) is 0 Å². The minimum absolute atomic E-state index is 0.0766. The molecule has 1 fully saturated rings. The van der Waals surface area contributed by atoms with Gasteiger partial charge in [0.05, 0.1) is 17.1 Å². The number of aromatic nitrogens is 2. The predicted octanol–water partition coefficient (Wildman–Crippen LogP) is 4.27. The molecule has 0 aliphatic carbocycles. The van der Waals surface area contributed by atoms with E-state index in [1.165, 1.54) is 0 Å². The number of likely N-dealkylation sites (tertiary alicyclic amines) is 1. The highest BCUT2D eigenvalue weighted by molar-refractivity contribution is 5.75. The first-order valence-corrected chi connectivity index (χ1v) is 8.22. The van der Waals surface area contributed by atoms with Crippen molar-refractivity contribution in [2.24, 2.45) is 5.92 Å². The molecule has 0 saturated carbocycles. The summed E-state index contributed by atoms with van der Waals surface area (Å²) >= 11 is 0. The number of carbonyl (C=O) groups excluding carboxylic acids is 1. The monoisotopic (exact) mass is 315 g/mol. The Bertz CT molecular complexity index is 683. The Morgan fingerprint density at radius 3 is 2.65 bits per heavy atom. The van der Waals surface area contributed by atoms with E-state index in [1.54, 1.807) is 0 Å². The molecule has 1 aromatic heterocycles. The Labute approximate surface area is 137 Å². The maximum Gasteiger partial charge on any atom is 0.411 e. The minimum Gasteiger partial charge on any atom is -0.444 e. The Balaban J connectivity index is 1.95. The number of carbonyl (C=O) groups is 1. The number of nitrogens with zero attached hydrogens (tertiary/aromatic N) is 2. The van der Waals surface area contributed by atoms with E-state index in [9.17, 15) is 4.79 Å². The van der Waals surface area contributed by atoms with E-state index in [4.69, 9.17) is 9.72 Å². The summed E-state index contributed by atoms with van der Waals surface area (Å²) in [6, 6.07) is 8.00. The number of H-pyrrole nitrogens is 1. The average molecular weight is 315 g/mol. The summed E-state index contributed by atoms with van der Waals surface area (Å²) in [5, 5.41) is 0. The van der Waals surface area contributed by atoms with Crippen LogP contribution in [-0.4, -0.2) is 32.6 Å². The molecule has 0 radical (unpaired) electrons. The number of fused-ring (bicyclic) bond motifs is 1. The van der Waals surface area contributed by atoms with Gasteiger partial charge in [-0.05, 0) is 52.2 Å². The second-order valence-corrected chi connectivity index (χ2v) is 7.53. The van der Waals surface area contributed by atoms with E-state index in [2.05, 4.69) is 18.8 Å². The number of ether oxygens (including phenoxy) is 1. The number of imidazole rings is 1. The summed E-state index contributed by atoms with van der Waals surface area (Å²) in [6.45, 7) is 9.92. The Hall–Kier alpha value is -2.04. The summed E-state index contributed by atoms with van der Waals surface area (Å²) in [5.41, 5.74) is 1.43. The van der Waals surface area contributed by atoms with E-state index >= 15 is 0 Å². The van der Waals surface area contributed by atoms with Gasteiger partial charge in [0, 0.05) is 6.04 Å². The fraction of sp³-hybridized carbons (Fsp3) is 0.556. The lowest BCUT2D eigenvalue weighted by atomic mass is 10.0. The van der Waals surface area contributed by atoms with Crippen molar-refractivity contribution < 1.29 is 9.53 Å². The molecule has 1 saturated heterocycles. The highest BCUT2D eigenvalue weighted by Crippen LogP contribution is 2.40. The quantitative estimate of drug-likeness (QED) is 0.855. The Morgan fingerprint density at radius 1 is 1.30 bits per heavy atom. The third-order valence-corrected chi connectivity index (χ3v) is 4.32. The van der Waals surface area contributed by atoms with Crippen molar-refractivity contribution in [2.45, 2.75) is 58.7 Å². The maximum atomic E-state index is 12.7. The lowest BCUT2D eigenvalue weighted by Gasteiger charge is -2.31. The van der Waals surface area contributed by atoms with Gasteiger partial charge in [-0.1, -0.05) is 19.1 Å². The molecule has 3 unspecified atom stereocenters. The van der Waals surface area contributed by atoms with Crippen LogP contribution in [0.1, 0.15) is 52.9 Å². The molecule has 3 rings (SSSR count). The highest BCUT2D eigenvalue weighted by atomic mass is 16.6. The molecule has 5 heteroatoms. The predicted molar refractivity (Wildman–Crippen MR) is 90.2 cm³/mol. The van der Waals surface area contributed by atoms with Crippen LogP contribution in [0.5, 0.6) is 0 Å². The molecule has 2 heterocycles. The van der Waals surface area contributed by atoms with Gasteiger partial charge >= 0.3 is 6.09 Å². The molecular weight excluding hydrogens is 290 g/mol. The third kappa shape index (κ3) is 3.05. The normalized spacial score (nSPS) is 25.1. The summed E-state index contributed by atoms with van der Waals surface area (Å²) < 4.78 is 5.61. The number of amides is 1. The van der Waals surface area contributed by atoms with Crippen molar-refractivity contribution in [3.8, 4) is 0 Å². The molecule has 1 aromatic carbocycles. The highest BCUT2D eigenvalue weighted by Gasteiger charge is 2.43. The van der Waals surface area contributed by atoms with E-state index in [1.807, 2.05) is 49.9 Å².